The molecule has 2 rings (SSSR count). The van der Waals surface area contributed by atoms with Gasteiger partial charge in [0.1, 0.15) is 5.60 Å². The van der Waals surface area contributed by atoms with Gasteiger partial charge in [-0.25, -0.2) is 0 Å². The van der Waals surface area contributed by atoms with E-state index in [0.717, 1.165) is 12.8 Å². The van der Waals surface area contributed by atoms with Gasteiger partial charge < -0.3 is 16.2 Å². The van der Waals surface area contributed by atoms with Crippen LogP contribution >= 0.6 is 11.6 Å². The molecule has 0 amide bonds. The van der Waals surface area contributed by atoms with Gasteiger partial charge in [-0.3, -0.25) is 4.99 Å². The van der Waals surface area contributed by atoms with Crippen LogP contribution in [0, 0.1) is 0 Å². The largest absolute Gasteiger partial charge is 0.383 e. The number of guanidine groups is 1. The van der Waals surface area contributed by atoms with Gasteiger partial charge in [-0.05, 0) is 25.8 Å². The SMILES string of the molecule is CC(O)(CN=C(N)NC1CC1)c1ccccc1Cl. The minimum Gasteiger partial charge on any atom is -0.383 e. The molecule has 1 aliphatic rings. The molecule has 0 bridgehead atoms. The van der Waals surface area contributed by atoms with E-state index in [1.54, 1.807) is 19.1 Å². The maximum atomic E-state index is 10.4. The van der Waals surface area contributed by atoms with Crippen molar-refractivity contribution in [1.29, 1.82) is 0 Å². The van der Waals surface area contributed by atoms with Crippen molar-refractivity contribution in [1.82, 2.24) is 5.32 Å². The van der Waals surface area contributed by atoms with Gasteiger partial charge in [-0.1, -0.05) is 29.8 Å². The van der Waals surface area contributed by atoms with E-state index in [0.29, 0.717) is 22.6 Å². The highest BCUT2D eigenvalue weighted by Gasteiger charge is 2.26. The molecule has 0 aromatic heterocycles. The Balaban J connectivity index is 2.04. The molecule has 0 aliphatic heterocycles. The molecule has 1 aromatic carbocycles. The van der Waals surface area contributed by atoms with E-state index in [1.807, 2.05) is 12.1 Å². The van der Waals surface area contributed by atoms with Crippen molar-refractivity contribution >= 4 is 17.6 Å². The summed E-state index contributed by atoms with van der Waals surface area (Å²) in [7, 11) is 0. The van der Waals surface area contributed by atoms with E-state index in [-0.39, 0.29) is 6.54 Å². The topological polar surface area (TPSA) is 70.6 Å². The molecule has 1 aromatic rings. The third kappa shape index (κ3) is 3.37. The molecule has 0 heterocycles. The minimum atomic E-state index is -1.12. The second-order valence-corrected chi connectivity index (χ2v) is 5.28. The highest BCUT2D eigenvalue weighted by molar-refractivity contribution is 6.31. The smallest absolute Gasteiger partial charge is 0.188 e. The van der Waals surface area contributed by atoms with E-state index < -0.39 is 5.60 Å². The predicted octanol–water partition coefficient (Wildman–Crippen LogP) is 1.61. The molecule has 1 saturated carbocycles. The molecular weight excluding hydrogens is 250 g/mol. The fourth-order valence-electron chi connectivity index (χ4n) is 1.70. The van der Waals surface area contributed by atoms with E-state index in [9.17, 15) is 5.11 Å². The van der Waals surface area contributed by atoms with Crippen molar-refractivity contribution in [3.63, 3.8) is 0 Å². The molecule has 1 fully saturated rings. The third-order valence-electron chi connectivity index (χ3n) is 2.94. The molecule has 4 nitrogen and oxygen atoms in total. The summed E-state index contributed by atoms with van der Waals surface area (Å²) in [6.07, 6.45) is 2.27. The van der Waals surface area contributed by atoms with Crippen molar-refractivity contribution < 1.29 is 5.11 Å². The van der Waals surface area contributed by atoms with Crippen LogP contribution in [0.4, 0.5) is 0 Å². The lowest BCUT2D eigenvalue weighted by Crippen LogP contribution is -2.35. The summed E-state index contributed by atoms with van der Waals surface area (Å²) in [5, 5.41) is 14.0. The van der Waals surface area contributed by atoms with Crippen molar-refractivity contribution in [3.8, 4) is 0 Å². The van der Waals surface area contributed by atoms with Gasteiger partial charge in [0.05, 0.1) is 6.54 Å². The van der Waals surface area contributed by atoms with Crippen molar-refractivity contribution in [2.75, 3.05) is 6.54 Å². The Bertz CT molecular complexity index is 455. The monoisotopic (exact) mass is 267 g/mol. The Morgan fingerprint density at radius 3 is 2.83 bits per heavy atom. The van der Waals surface area contributed by atoms with Crippen LogP contribution < -0.4 is 11.1 Å². The van der Waals surface area contributed by atoms with E-state index in [4.69, 9.17) is 17.3 Å². The first-order valence-electron chi connectivity index (χ1n) is 6.03. The summed E-state index contributed by atoms with van der Waals surface area (Å²) in [4.78, 5) is 4.17. The number of halogens is 1. The zero-order chi connectivity index (χ0) is 13.2. The molecule has 1 aliphatic carbocycles. The standard InChI is InChI=1S/C13H18ClN3O/c1-13(18,10-4-2-3-5-11(10)14)8-16-12(15)17-9-6-7-9/h2-5,9,18H,6-8H2,1H3,(H3,15,16,17). The fraction of sp³-hybridized carbons (Fsp3) is 0.462. The Morgan fingerprint density at radius 2 is 2.22 bits per heavy atom. The molecular formula is C13H18ClN3O. The molecule has 4 N–H and O–H groups in total. The maximum Gasteiger partial charge on any atom is 0.188 e. The second kappa shape index (κ2) is 5.16. The minimum absolute atomic E-state index is 0.183. The van der Waals surface area contributed by atoms with E-state index >= 15 is 0 Å². The highest BCUT2D eigenvalue weighted by atomic mass is 35.5. The number of benzene rings is 1. The van der Waals surface area contributed by atoms with Crippen molar-refractivity contribution in [3.05, 3.63) is 34.9 Å². The molecule has 1 atom stereocenters. The molecule has 98 valence electrons. The summed E-state index contributed by atoms with van der Waals surface area (Å²) in [5.74, 6) is 0.379. The van der Waals surface area contributed by atoms with Gasteiger partial charge in [-0.2, -0.15) is 0 Å². The predicted molar refractivity (Wildman–Crippen MR) is 73.7 cm³/mol. The number of rotatable bonds is 4. The number of hydrogen-bond acceptors (Lipinski definition) is 2. The second-order valence-electron chi connectivity index (χ2n) is 4.87. The average molecular weight is 268 g/mol. The van der Waals surface area contributed by atoms with E-state index in [1.165, 1.54) is 0 Å². The summed E-state index contributed by atoms with van der Waals surface area (Å²) >= 11 is 6.06. The van der Waals surface area contributed by atoms with Crippen molar-refractivity contribution in [2.45, 2.75) is 31.4 Å². The summed E-state index contributed by atoms with van der Waals surface area (Å²) in [5.41, 5.74) is 5.28. The molecule has 1 unspecified atom stereocenters. The fourth-order valence-corrected chi connectivity index (χ4v) is 2.04. The lowest BCUT2D eigenvalue weighted by molar-refractivity contribution is 0.0674. The number of nitrogens with two attached hydrogens (primary N) is 1. The number of nitrogens with zero attached hydrogens (tertiary/aromatic N) is 1. The normalized spacial score (nSPS) is 19.4. The van der Waals surface area contributed by atoms with Gasteiger partial charge in [0.15, 0.2) is 5.96 Å². The zero-order valence-corrected chi connectivity index (χ0v) is 11.1. The highest BCUT2D eigenvalue weighted by Crippen LogP contribution is 2.28. The Labute approximate surface area is 112 Å². The summed E-state index contributed by atoms with van der Waals surface area (Å²) < 4.78 is 0. The number of aliphatic hydroxyl groups is 1. The molecule has 0 radical (unpaired) electrons. The van der Waals surface area contributed by atoms with Crippen molar-refractivity contribution in [2.24, 2.45) is 10.7 Å². The van der Waals surface area contributed by atoms with Crippen LogP contribution in [0.1, 0.15) is 25.3 Å². The van der Waals surface area contributed by atoms with Gasteiger partial charge in [0.2, 0.25) is 0 Å². The van der Waals surface area contributed by atoms with Crippen LogP contribution in [0.5, 0.6) is 0 Å². The van der Waals surface area contributed by atoms with Crippen LogP contribution in [0.3, 0.4) is 0 Å². The molecule has 18 heavy (non-hydrogen) atoms. The van der Waals surface area contributed by atoms with E-state index in [2.05, 4.69) is 10.3 Å². The van der Waals surface area contributed by atoms with Gasteiger partial charge in [0, 0.05) is 16.6 Å². The first-order chi connectivity index (χ1) is 8.49. The quantitative estimate of drug-likeness (QED) is 0.573. The lowest BCUT2D eigenvalue weighted by Gasteiger charge is -2.23. The van der Waals surface area contributed by atoms with Crippen LogP contribution in [0.15, 0.2) is 29.3 Å². The molecule has 5 heteroatoms. The van der Waals surface area contributed by atoms with Crippen LogP contribution in [-0.2, 0) is 5.60 Å². The molecule has 0 spiro atoms. The van der Waals surface area contributed by atoms with Gasteiger partial charge in [0.25, 0.3) is 0 Å². The summed E-state index contributed by atoms with van der Waals surface area (Å²) in [6, 6.07) is 7.67. The van der Waals surface area contributed by atoms with Crippen LogP contribution in [0.2, 0.25) is 5.02 Å². The molecule has 0 saturated heterocycles. The van der Waals surface area contributed by atoms with Gasteiger partial charge in [-0.15, -0.1) is 0 Å². The zero-order valence-electron chi connectivity index (χ0n) is 10.4. The van der Waals surface area contributed by atoms with Crippen LogP contribution in [-0.4, -0.2) is 23.7 Å². The third-order valence-corrected chi connectivity index (χ3v) is 3.27. The number of aliphatic imine (C=N–C) groups is 1. The first-order valence-corrected chi connectivity index (χ1v) is 6.41. The average Bonchev–Trinajstić information content (AvgIpc) is 3.11. The number of nitrogens with one attached hydrogen (secondary N) is 1. The maximum absolute atomic E-state index is 10.4. The first kappa shape index (κ1) is 13.2. The van der Waals surface area contributed by atoms with Crippen LogP contribution in [0.25, 0.3) is 0 Å². The Kier molecular flexibility index (Phi) is 3.78. The van der Waals surface area contributed by atoms with Gasteiger partial charge >= 0.3 is 0 Å². The lowest BCUT2D eigenvalue weighted by atomic mass is 9.96. The Hall–Kier alpha value is -1.26. The Morgan fingerprint density at radius 1 is 1.56 bits per heavy atom. The summed E-state index contributed by atoms with van der Waals surface area (Å²) in [6.45, 7) is 1.87. The number of hydrogen-bond donors (Lipinski definition) is 3.